The zero-order valence-electron chi connectivity index (χ0n) is 39.2. The number of carbonyl (C=O) groups is 2. The molecule has 0 aliphatic carbocycles. The van der Waals surface area contributed by atoms with Crippen molar-refractivity contribution in [3.8, 4) is 0 Å². The van der Waals surface area contributed by atoms with Gasteiger partial charge in [0.15, 0.2) is 18.7 Å². The zero-order chi connectivity index (χ0) is 47.5. The van der Waals surface area contributed by atoms with E-state index in [1.54, 1.807) is 0 Å². The maximum Gasteiger partial charge on any atom is 0.306 e. The summed E-state index contributed by atoms with van der Waals surface area (Å²) in [6.07, 6.45) is 24.0. The molecule has 4 unspecified atom stereocenters. The number of carbonyl (C=O) groups excluding carboxylic acids is 2. The van der Waals surface area contributed by atoms with E-state index in [9.17, 15) is 45.3 Å². The van der Waals surface area contributed by atoms with Gasteiger partial charge in [-0.1, -0.05) is 120 Å². The maximum absolute atomic E-state index is 13.0. The van der Waals surface area contributed by atoms with Crippen LogP contribution in [0.15, 0.2) is 60.8 Å². The van der Waals surface area contributed by atoms with Gasteiger partial charge in [-0.3, -0.25) is 9.59 Å². The highest BCUT2D eigenvalue weighted by Gasteiger charge is 2.47. The summed E-state index contributed by atoms with van der Waals surface area (Å²) in [6, 6.07) is 0. The van der Waals surface area contributed by atoms with E-state index < -0.39 is 99.3 Å². The van der Waals surface area contributed by atoms with Gasteiger partial charge in [-0.25, -0.2) is 0 Å². The molecule has 15 nitrogen and oxygen atoms in total. The molecule has 2 aliphatic rings. The van der Waals surface area contributed by atoms with Crippen LogP contribution in [0, 0.1) is 0 Å². The minimum absolute atomic E-state index is 0.138. The van der Waals surface area contributed by atoms with Crippen LogP contribution < -0.4 is 0 Å². The molecule has 0 amide bonds. The molecule has 11 atom stereocenters. The molecule has 0 aromatic carbocycles. The molecule has 15 heteroatoms. The fourth-order valence-corrected chi connectivity index (χ4v) is 7.12. The van der Waals surface area contributed by atoms with Gasteiger partial charge >= 0.3 is 11.9 Å². The summed E-state index contributed by atoms with van der Waals surface area (Å²) in [5, 5.41) is 72.0. The van der Waals surface area contributed by atoms with Crippen LogP contribution in [0.4, 0.5) is 0 Å². The summed E-state index contributed by atoms with van der Waals surface area (Å²) in [7, 11) is 0. The summed E-state index contributed by atoms with van der Waals surface area (Å²) in [4.78, 5) is 25.7. The van der Waals surface area contributed by atoms with E-state index in [2.05, 4.69) is 74.6 Å². The second-order valence-electron chi connectivity index (χ2n) is 16.9. The molecule has 2 aliphatic heterocycles. The van der Waals surface area contributed by atoms with E-state index in [4.69, 9.17) is 28.4 Å². The van der Waals surface area contributed by atoms with E-state index >= 15 is 0 Å². The van der Waals surface area contributed by atoms with Crippen LogP contribution >= 0.6 is 0 Å². The van der Waals surface area contributed by atoms with Crippen LogP contribution in [0.25, 0.3) is 0 Å². The first kappa shape index (κ1) is 58.3. The molecule has 0 aromatic rings. The van der Waals surface area contributed by atoms with Gasteiger partial charge in [0.2, 0.25) is 0 Å². The third-order valence-corrected chi connectivity index (χ3v) is 11.2. The highest BCUT2D eigenvalue weighted by atomic mass is 16.7. The van der Waals surface area contributed by atoms with Crippen LogP contribution in [-0.4, -0.2) is 142 Å². The Morgan fingerprint density at radius 2 is 0.938 bits per heavy atom. The van der Waals surface area contributed by atoms with Gasteiger partial charge in [0.1, 0.15) is 55.4 Å². The van der Waals surface area contributed by atoms with Crippen molar-refractivity contribution < 1.29 is 73.8 Å². The Bertz CT molecular complexity index is 1370. The highest BCUT2D eigenvalue weighted by Crippen LogP contribution is 2.26. The number of allylic oxidation sites excluding steroid dienone is 10. The van der Waals surface area contributed by atoms with Gasteiger partial charge in [0, 0.05) is 12.8 Å². The van der Waals surface area contributed by atoms with Gasteiger partial charge in [0.25, 0.3) is 0 Å². The maximum atomic E-state index is 13.0. The predicted molar refractivity (Wildman–Crippen MR) is 247 cm³/mol. The van der Waals surface area contributed by atoms with Crippen molar-refractivity contribution in [3.63, 3.8) is 0 Å². The molecular formula is C50H84O15. The Hall–Kier alpha value is -2.80. The molecule has 7 N–H and O–H groups in total. The van der Waals surface area contributed by atoms with E-state index in [0.29, 0.717) is 12.8 Å². The molecule has 0 saturated carbocycles. The fourth-order valence-electron chi connectivity index (χ4n) is 7.12. The molecule has 2 fully saturated rings. The first-order valence-corrected chi connectivity index (χ1v) is 24.4. The van der Waals surface area contributed by atoms with E-state index in [0.717, 1.165) is 77.0 Å². The Labute approximate surface area is 388 Å². The normalized spacial score (nSPS) is 26.9. The SMILES string of the molecule is CCCC/C=C/C/C=C/CCCCCCCC(=O)O[C@H](COC(=O)CCCC/C=C/C/C=C/C/C=C/CCCCC)CO[C@@H]1O[C@H](CO[C@@H]2O[C@H](CO)[C@H](O)C(O)C2O)[C@H](O)C(O)C1O. The first-order valence-electron chi connectivity index (χ1n) is 24.4. The largest absolute Gasteiger partial charge is 0.462 e. The average molecular weight is 925 g/mol. The quantitative estimate of drug-likeness (QED) is 0.0214. The molecular weight excluding hydrogens is 841 g/mol. The van der Waals surface area contributed by atoms with Crippen molar-refractivity contribution >= 4 is 11.9 Å². The van der Waals surface area contributed by atoms with E-state index in [1.807, 2.05) is 0 Å². The van der Waals surface area contributed by atoms with Crippen LogP contribution in [0.1, 0.15) is 149 Å². The molecule has 65 heavy (non-hydrogen) atoms. The standard InChI is InChI=1S/C50H84O15/c1-3-5-7-9-11-13-15-17-19-21-22-24-26-28-30-32-41(52)60-35-38(63-42(53)33-31-29-27-25-23-20-18-16-14-12-10-8-6-4-2)36-61-49-48(59)46(57)44(55)40(65-49)37-62-50-47(58)45(56)43(54)39(34-51)64-50/h10-13,16-19,22,24,38-40,43-51,54-59H,3-9,14-15,20-21,23,25-37H2,1-2H3/b12-10+,13-11+,18-16+,19-17+,24-22+/t38-,39-,40-,43+,44+,45?,46?,47?,48?,49-,50-/m1/s1. The molecule has 2 rings (SSSR count). The van der Waals surface area contributed by atoms with Crippen LogP contribution in [0.2, 0.25) is 0 Å². The predicted octanol–water partition coefficient (Wildman–Crippen LogP) is 6.10. The third kappa shape index (κ3) is 25.8. The van der Waals surface area contributed by atoms with Gasteiger partial charge in [-0.15, -0.1) is 0 Å². The van der Waals surface area contributed by atoms with Crippen LogP contribution in [-0.2, 0) is 38.0 Å². The Kier molecular flexibility index (Phi) is 33.4. The molecule has 0 spiro atoms. The number of rotatable bonds is 36. The smallest absolute Gasteiger partial charge is 0.306 e. The van der Waals surface area contributed by atoms with Crippen molar-refractivity contribution in [2.75, 3.05) is 26.4 Å². The topological polar surface area (TPSA) is 231 Å². The number of unbranched alkanes of at least 4 members (excludes halogenated alkanes) is 12. The first-order chi connectivity index (χ1) is 31.5. The van der Waals surface area contributed by atoms with E-state index in [-0.39, 0.29) is 19.4 Å². The minimum Gasteiger partial charge on any atom is -0.462 e. The van der Waals surface area contributed by atoms with Crippen LogP contribution in [0.5, 0.6) is 0 Å². The molecule has 2 heterocycles. The number of hydrogen-bond donors (Lipinski definition) is 7. The number of ether oxygens (including phenoxy) is 6. The van der Waals surface area contributed by atoms with Crippen molar-refractivity contribution in [2.24, 2.45) is 0 Å². The molecule has 0 bridgehead atoms. The lowest BCUT2D eigenvalue weighted by Gasteiger charge is -2.42. The van der Waals surface area contributed by atoms with Gasteiger partial charge in [-0.05, 0) is 77.0 Å². The fraction of sp³-hybridized carbons (Fsp3) is 0.760. The number of aliphatic hydroxyl groups is 7. The lowest BCUT2D eigenvalue weighted by Crippen LogP contribution is -2.61. The summed E-state index contributed by atoms with van der Waals surface area (Å²) < 4.78 is 33.4. The zero-order valence-corrected chi connectivity index (χ0v) is 39.2. The Morgan fingerprint density at radius 3 is 1.52 bits per heavy atom. The lowest BCUT2D eigenvalue weighted by atomic mass is 9.98. The second-order valence-corrected chi connectivity index (χ2v) is 16.9. The summed E-state index contributed by atoms with van der Waals surface area (Å²) >= 11 is 0. The molecule has 0 aromatic heterocycles. The monoisotopic (exact) mass is 925 g/mol. The Morgan fingerprint density at radius 1 is 0.492 bits per heavy atom. The van der Waals surface area contributed by atoms with Gasteiger partial charge < -0.3 is 64.2 Å². The minimum atomic E-state index is -1.77. The number of aliphatic hydroxyl groups excluding tert-OH is 7. The summed E-state index contributed by atoms with van der Waals surface area (Å²) in [5.41, 5.74) is 0. The van der Waals surface area contributed by atoms with Crippen molar-refractivity contribution in [2.45, 2.75) is 216 Å². The molecule has 374 valence electrons. The molecule has 2 saturated heterocycles. The average Bonchev–Trinajstić information content (AvgIpc) is 3.30. The molecule has 0 radical (unpaired) electrons. The number of esters is 2. The summed E-state index contributed by atoms with van der Waals surface area (Å²) in [6.45, 7) is 2.44. The second kappa shape index (κ2) is 37.2. The highest BCUT2D eigenvalue weighted by molar-refractivity contribution is 5.70. The van der Waals surface area contributed by atoms with Crippen molar-refractivity contribution in [1.29, 1.82) is 0 Å². The Balaban J connectivity index is 1.86. The van der Waals surface area contributed by atoms with Crippen molar-refractivity contribution in [3.05, 3.63) is 60.8 Å². The lowest BCUT2D eigenvalue weighted by molar-refractivity contribution is -0.332. The number of hydrogen-bond acceptors (Lipinski definition) is 15. The van der Waals surface area contributed by atoms with Gasteiger partial charge in [0.05, 0.1) is 19.8 Å². The van der Waals surface area contributed by atoms with Gasteiger partial charge in [-0.2, -0.15) is 0 Å². The third-order valence-electron chi connectivity index (χ3n) is 11.2. The van der Waals surface area contributed by atoms with Crippen LogP contribution in [0.3, 0.4) is 0 Å². The van der Waals surface area contributed by atoms with E-state index in [1.165, 1.54) is 32.1 Å². The van der Waals surface area contributed by atoms with Crippen molar-refractivity contribution in [1.82, 2.24) is 0 Å². The summed E-state index contributed by atoms with van der Waals surface area (Å²) in [5.74, 6) is -0.992.